The van der Waals surface area contributed by atoms with Gasteiger partial charge in [-0.25, -0.2) is 0 Å². The Morgan fingerprint density at radius 1 is 0.357 bits per heavy atom. The molecular weight excluding hydrogens is 703 g/mol. The van der Waals surface area contributed by atoms with Crippen LogP contribution in [0, 0.1) is 0 Å². The second-order valence-electron chi connectivity index (χ2n) is 14.4. The molecule has 9 aromatic carbocycles. The molecule has 12 aromatic rings. The van der Waals surface area contributed by atoms with Crippen LogP contribution in [0.2, 0.25) is 0 Å². The van der Waals surface area contributed by atoms with Crippen molar-refractivity contribution in [2.75, 3.05) is 4.90 Å². The lowest BCUT2D eigenvalue weighted by atomic mass is 9.99. The van der Waals surface area contributed by atoms with Crippen LogP contribution in [0.3, 0.4) is 0 Å². The van der Waals surface area contributed by atoms with Crippen LogP contribution in [0.1, 0.15) is 0 Å². The topological polar surface area (TPSA) is 29.5 Å². The quantitative estimate of drug-likeness (QED) is 0.176. The van der Waals surface area contributed by atoms with E-state index in [1.807, 2.05) is 11.3 Å². The summed E-state index contributed by atoms with van der Waals surface area (Å²) in [6.45, 7) is 0. The maximum absolute atomic E-state index is 6.79. The van der Waals surface area contributed by atoms with Crippen molar-refractivity contribution in [2.45, 2.75) is 0 Å². The van der Waals surface area contributed by atoms with Gasteiger partial charge in [-0.05, 0) is 94.2 Å². The number of rotatable bonds is 5. The summed E-state index contributed by atoms with van der Waals surface area (Å²) in [5.74, 6) is 0. The van der Waals surface area contributed by atoms with E-state index in [-0.39, 0.29) is 0 Å². The molecule has 0 fully saturated rings. The van der Waals surface area contributed by atoms with Crippen LogP contribution < -0.4 is 4.90 Å². The van der Waals surface area contributed by atoms with Crippen molar-refractivity contribution in [1.29, 1.82) is 0 Å². The number of hydrogen-bond donors (Lipinski definition) is 0. The molecular formula is C52H31NO2S. The molecule has 3 heterocycles. The molecule has 0 unspecified atom stereocenters. The largest absolute Gasteiger partial charge is 0.456 e. The molecule has 0 amide bonds. The molecule has 0 radical (unpaired) electrons. The molecule has 0 spiro atoms. The van der Waals surface area contributed by atoms with Crippen molar-refractivity contribution in [2.24, 2.45) is 0 Å². The van der Waals surface area contributed by atoms with Crippen LogP contribution in [0.25, 0.3) is 97.1 Å². The molecule has 0 saturated carbocycles. The number of fused-ring (bicyclic) bond motifs is 12. The fraction of sp³-hybridized carbons (Fsp3) is 0. The number of anilines is 3. The Morgan fingerprint density at radius 2 is 1.04 bits per heavy atom. The first-order valence-electron chi connectivity index (χ1n) is 18.9. The lowest BCUT2D eigenvalue weighted by Gasteiger charge is -2.26. The van der Waals surface area contributed by atoms with Gasteiger partial charge >= 0.3 is 0 Å². The molecule has 3 nitrogen and oxygen atoms in total. The van der Waals surface area contributed by atoms with E-state index in [9.17, 15) is 0 Å². The van der Waals surface area contributed by atoms with Gasteiger partial charge in [0, 0.05) is 64.3 Å². The standard InChI is InChI=1S/C52H31NO2S/c1-2-10-32(11-3-1)33-20-23-36(24-21-33)53(38-25-27-44-43(31-38)49-39-15-5-4-12-34(39)22-26-45(49)54-44)37-14-8-13-35(30-37)40-17-9-18-42-50-46(55-52(40)42)28-29-48-51(50)41-16-6-7-19-47(41)56-48/h1-31H. The third-order valence-electron chi connectivity index (χ3n) is 11.3. The first kappa shape index (κ1) is 31.2. The first-order valence-corrected chi connectivity index (χ1v) is 19.7. The number of nitrogens with zero attached hydrogens (tertiary/aromatic N) is 1. The van der Waals surface area contributed by atoms with Gasteiger partial charge < -0.3 is 13.7 Å². The summed E-state index contributed by atoms with van der Waals surface area (Å²) in [6, 6.07) is 67.1. The van der Waals surface area contributed by atoms with Gasteiger partial charge in [0.25, 0.3) is 0 Å². The van der Waals surface area contributed by atoms with Gasteiger partial charge in [-0.3, -0.25) is 0 Å². The SMILES string of the molecule is c1ccc(-c2ccc(N(c3cccc(-c4cccc5c4oc4ccc6sc7ccccc7c6c45)c3)c3ccc4oc5ccc6ccccc6c5c4c3)cc2)cc1. The van der Waals surface area contributed by atoms with Gasteiger partial charge in [-0.15, -0.1) is 11.3 Å². The number of benzene rings is 9. The molecule has 0 atom stereocenters. The normalized spacial score (nSPS) is 11.9. The van der Waals surface area contributed by atoms with Crippen LogP contribution in [-0.2, 0) is 0 Å². The van der Waals surface area contributed by atoms with Gasteiger partial charge in [0.05, 0.1) is 0 Å². The smallest absolute Gasteiger partial charge is 0.143 e. The van der Waals surface area contributed by atoms with E-state index >= 15 is 0 Å². The van der Waals surface area contributed by atoms with E-state index in [1.165, 1.54) is 47.5 Å². The fourth-order valence-electron chi connectivity index (χ4n) is 8.70. The van der Waals surface area contributed by atoms with Crippen molar-refractivity contribution in [3.63, 3.8) is 0 Å². The summed E-state index contributed by atoms with van der Waals surface area (Å²) >= 11 is 1.84. The minimum absolute atomic E-state index is 0.873. The summed E-state index contributed by atoms with van der Waals surface area (Å²) in [5.41, 5.74) is 11.3. The van der Waals surface area contributed by atoms with Gasteiger partial charge in [-0.2, -0.15) is 0 Å². The van der Waals surface area contributed by atoms with Crippen LogP contribution in [0.5, 0.6) is 0 Å². The van der Waals surface area contributed by atoms with E-state index in [1.54, 1.807) is 0 Å². The average Bonchev–Trinajstić information content (AvgIpc) is 3.95. The number of hydrogen-bond acceptors (Lipinski definition) is 4. The minimum atomic E-state index is 0.873. The molecule has 0 bridgehead atoms. The van der Waals surface area contributed by atoms with Crippen molar-refractivity contribution in [3.05, 3.63) is 188 Å². The van der Waals surface area contributed by atoms with Crippen LogP contribution in [0.4, 0.5) is 17.1 Å². The van der Waals surface area contributed by atoms with E-state index in [4.69, 9.17) is 8.83 Å². The fourth-order valence-corrected chi connectivity index (χ4v) is 9.81. The molecule has 0 N–H and O–H groups in total. The predicted molar refractivity (Wildman–Crippen MR) is 237 cm³/mol. The second-order valence-corrected chi connectivity index (χ2v) is 15.5. The zero-order chi connectivity index (χ0) is 36.7. The van der Waals surface area contributed by atoms with Crippen molar-refractivity contribution in [3.8, 4) is 22.3 Å². The Labute approximate surface area is 325 Å². The highest BCUT2D eigenvalue weighted by molar-refractivity contribution is 7.26. The molecule has 0 saturated heterocycles. The van der Waals surface area contributed by atoms with Gasteiger partial charge in [-0.1, -0.05) is 121 Å². The van der Waals surface area contributed by atoms with Gasteiger partial charge in [0.15, 0.2) is 0 Å². The van der Waals surface area contributed by atoms with Crippen molar-refractivity contribution >= 4 is 103 Å². The average molecular weight is 734 g/mol. The summed E-state index contributed by atoms with van der Waals surface area (Å²) in [5, 5.41) is 9.48. The summed E-state index contributed by atoms with van der Waals surface area (Å²) in [4.78, 5) is 2.35. The Morgan fingerprint density at radius 3 is 1.95 bits per heavy atom. The van der Waals surface area contributed by atoms with E-state index < -0.39 is 0 Å². The lowest BCUT2D eigenvalue weighted by molar-refractivity contribution is 0.669. The maximum Gasteiger partial charge on any atom is 0.143 e. The van der Waals surface area contributed by atoms with Crippen LogP contribution in [0.15, 0.2) is 197 Å². The highest BCUT2D eigenvalue weighted by Gasteiger charge is 2.20. The number of thiophene rings is 1. The summed E-state index contributed by atoms with van der Waals surface area (Å²) in [7, 11) is 0. The highest BCUT2D eigenvalue weighted by atomic mass is 32.1. The minimum Gasteiger partial charge on any atom is -0.456 e. The third kappa shape index (κ3) is 4.76. The molecule has 0 aliphatic rings. The Hall–Kier alpha value is -7.14. The van der Waals surface area contributed by atoms with Crippen molar-refractivity contribution in [1.82, 2.24) is 0 Å². The predicted octanol–water partition coefficient (Wildman–Crippen LogP) is 15.8. The third-order valence-corrected chi connectivity index (χ3v) is 12.4. The molecule has 3 aromatic heterocycles. The van der Waals surface area contributed by atoms with Gasteiger partial charge in [0.1, 0.15) is 22.3 Å². The first-order chi connectivity index (χ1) is 27.7. The molecule has 0 aliphatic heterocycles. The second kappa shape index (κ2) is 12.2. The summed E-state index contributed by atoms with van der Waals surface area (Å²) < 4.78 is 15.8. The number of furan rings is 2. The lowest BCUT2D eigenvalue weighted by Crippen LogP contribution is -2.10. The molecule has 0 aliphatic carbocycles. The Kier molecular flexibility index (Phi) is 6.80. The molecule has 56 heavy (non-hydrogen) atoms. The molecule has 4 heteroatoms. The maximum atomic E-state index is 6.79. The van der Waals surface area contributed by atoms with Crippen molar-refractivity contribution < 1.29 is 8.83 Å². The Balaban J connectivity index is 1.05. The highest BCUT2D eigenvalue weighted by Crippen LogP contribution is 2.46. The monoisotopic (exact) mass is 733 g/mol. The molecule has 12 rings (SSSR count). The Bertz CT molecular complexity index is 3480. The molecule has 262 valence electrons. The van der Waals surface area contributed by atoms with E-state index in [0.717, 1.165) is 66.7 Å². The zero-order valence-electron chi connectivity index (χ0n) is 30.1. The van der Waals surface area contributed by atoms with E-state index in [0.29, 0.717) is 0 Å². The summed E-state index contributed by atoms with van der Waals surface area (Å²) in [6.07, 6.45) is 0. The number of para-hydroxylation sites is 1. The van der Waals surface area contributed by atoms with Crippen LogP contribution >= 0.6 is 11.3 Å². The van der Waals surface area contributed by atoms with E-state index in [2.05, 4.69) is 193 Å². The van der Waals surface area contributed by atoms with Gasteiger partial charge in [0.2, 0.25) is 0 Å². The van der Waals surface area contributed by atoms with Crippen LogP contribution in [-0.4, -0.2) is 0 Å². The zero-order valence-corrected chi connectivity index (χ0v) is 30.9.